The fraction of sp³-hybridized carbons (Fsp3) is 0.667. The molecule has 1 aromatic heterocycles. The topological polar surface area (TPSA) is 120 Å². The van der Waals surface area contributed by atoms with E-state index in [0.717, 1.165) is 0 Å². The Hall–Kier alpha value is -2.00. The SMILES string of the molecule is COCCC(C)(O)CNC(=O)CCn1cnc([N+](=O)[O-])c1. The highest BCUT2D eigenvalue weighted by Crippen LogP contribution is 2.08. The number of nitrogens with one attached hydrogen (secondary N) is 1. The first-order valence-corrected chi connectivity index (χ1v) is 6.48. The largest absolute Gasteiger partial charge is 0.388 e. The van der Waals surface area contributed by atoms with Crippen molar-refractivity contribution >= 4 is 11.7 Å². The second kappa shape index (κ2) is 7.70. The molecule has 1 unspecified atom stereocenters. The minimum absolute atomic E-state index is 0.124. The predicted molar refractivity (Wildman–Crippen MR) is 73.6 cm³/mol. The first-order valence-electron chi connectivity index (χ1n) is 6.48. The summed E-state index contributed by atoms with van der Waals surface area (Å²) in [5, 5.41) is 23.0. The van der Waals surface area contributed by atoms with Crippen molar-refractivity contribution in [3.05, 3.63) is 22.6 Å². The summed E-state index contributed by atoms with van der Waals surface area (Å²) in [5.74, 6) is -0.498. The van der Waals surface area contributed by atoms with Crippen LogP contribution in [-0.4, -0.2) is 51.4 Å². The fourth-order valence-electron chi connectivity index (χ4n) is 1.58. The molecule has 118 valence electrons. The number of aryl methyl sites for hydroxylation is 1. The van der Waals surface area contributed by atoms with Gasteiger partial charge in [-0.1, -0.05) is 0 Å². The molecular formula is C12H20N4O5. The number of hydrogen-bond acceptors (Lipinski definition) is 6. The third-order valence-electron chi connectivity index (χ3n) is 2.91. The number of carbonyl (C=O) groups is 1. The van der Waals surface area contributed by atoms with Crippen LogP contribution in [0.25, 0.3) is 0 Å². The van der Waals surface area contributed by atoms with Gasteiger partial charge in [0.2, 0.25) is 12.2 Å². The molecule has 0 spiro atoms. The van der Waals surface area contributed by atoms with Crippen LogP contribution >= 0.6 is 0 Å². The van der Waals surface area contributed by atoms with Gasteiger partial charge in [-0.25, -0.2) is 0 Å². The number of ether oxygens (including phenoxy) is 1. The van der Waals surface area contributed by atoms with E-state index >= 15 is 0 Å². The zero-order chi connectivity index (χ0) is 15.9. The van der Waals surface area contributed by atoms with Crippen LogP contribution in [0.1, 0.15) is 19.8 Å². The van der Waals surface area contributed by atoms with Crippen LogP contribution < -0.4 is 5.32 Å². The van der Waals surface area contributed by atoms with Crippen molar-refractivity contribution in [3.63, 3.8) is 0 Å². The van der Waals surface area contributed by atoms with E-state index in [9.17, 15) is 20.0 Å². The van der Waals surface area contributed by atoms with Crippen molar-refractivity contribution in [1.82, 2.24) is 14.9 Å². The number of aliphatic hydroxyl groups is 1. The number of amides is 1. The monoisotopic (exact) mass is 300 g/mol. The van der Waals surface area contributed by atoms with Gasteiger partial charge in [0.05, 0.1) is 5.60 Å². The number of nitrogens with zero attached hydrogens (tertiary/aromatic N) is 3. The van der Waals surface area contributed by atoms with Crippen LogP contribution in [0.3, 0.4) is 0 Å². The number of nitro groups is 1. The number of carbonyl (C=O) groups excluding carboxylic acids is 1. The molecule has 0 saturated carbocycles. The minimum Gasteiger partial charge on any atom is -0.388 e. The summed E-state index contributed by atoms with van der Waals surface area (Å²) in [5.41, 5.74) is -1.03. The smallest absolute Gasteiger partial charge is 0.381 e. The van der Waals surface area contributed by atoms with E-state index in [-0.39, 0.29) is 31.2 Å². The van der Waals surface area contributed by atoms with Crippen molar-refractivity contribution in [3.8, 4) is 0 Å². The first kappa shape index (κ1) is 17.1. The number of rotatable bonds is 9. The molecule has 1 amide bonds. The van der Waals surface area contributed by atoms with Gasteiger partial charge in [-0.3, -0.25) is 4.79 Å². The Morgan fingerprint density at radius 2 is 2.38 bits per heavy atom. The molecule has 0 saturated heterocycles. The summed E-state index contributed by atoms with van der Waals surface area (Å²) in [6, 6.07) is 0. The molecule has 9 nitrogen and oxygen atoms in total. The molecule has 1 aromatic rings. The molecule has 0 aromatic carbocycles. The average molecular weight is 300 g/mol. The molecule has 1 rings (SSSR count). The van der Waals surface area contributed by atoms with E-state index in [2.05, 4.69) is 10.3 Å². The Morgan fingerprint density at radius 3 is 2.95 bits per heavy atom. The van der Waals surface area contributed by atoms with Gasteiger partial charge in [0.1, 0.15) is 6.20 Å². The van der Waals surface area contributed by atoms with Gasteiger partial charge in [-0.2, -0.15) is 0 Å². The maximum Gasteiger partial charge on any atom is 0.381 e. The maximum absolute atomic E-state index is 11.7. The molecule has 0 fully saturated rings. The third kappa shape index (κ3) is 6.32. The number of aromatic nitrogens is 2. The third-order valence-corrected chi connectivity index (χ3v) is 2.91. The second-order valence-electron chi connectivity index (χ2n) is 4.99. The fourth-order valence-corrected chi connectivity index (χ4v) is 1.58. The minimum atomic E-state index is -1.03. The second-order valence-corrected chi connectivity index (χ2v) is 4.99. The quantitative estimate of drug-likeness (QED) is 0.492. The van der Waals surface area contributed by atoms with E-state index in [1.165, 1.54) is 17.1 Å². The van der Waals surface area contributed by atoms with E-state index in [1.807, 2.05) is 0 Å². The number of imidazole rings is 1. The van der Waals surface area contributed by atoms with Crippen LogP contribution in [0, 0.1) is 10.1 Å². The van der Waals surface area contributed by atoms with Gasteiger partial charge >= 0.3 is 5.82 Å². The molecule has 1 atom stereocenters. The lowest BCUT2D eigenvalue weighted by Crippen LogP contribution is -2.41. The molecule has 0 aliphatic rings. The molecule has 2 N–H and O–H groups in total. The van der Waals surface area contributed by atoms with Gasteiger partial charge in [0.15, 0.2) is 0 Å². The highest BCUT2D eigenvalue weighted by molar-refractivity contribution is 5.75. The number of hydrogen-bond donors (Lipinski definition) is 2. The van der Waals surface area contributed by atoms with Crippen molar-refractivity contribution < 1.29 is 19.6 Å². The van der Waals surface area contributed by atoms with Gasteiger partial charge in [0, 0.05) is 39.6 Å². The normalized spacial score (nSPS) is 13.7. The van der Waals surface area contributed by atoms with Crippen LogP contribution in [-0.2, 0) is 16.1 Å². The van der Waals surface area contributed by atoms with Gasteiger partial charge < -0.3 is 29.8 Å². The summed E-state index contributed by atoms with van der Waals surface area (Å²) in [7, 11) is 1.54. The van der Waals surface area contributed by atoms with Crippen molar-refractivity contribution in [2.24, 2.45) is 0 Å². The molecule has 21 heavy (non-hydrogen) atoms. The lowest BCUT2D eigenvalue weighted by Gasteiger charge is -2.23. The summed E-state index contributed by atoms with van der Waals surface area (Å²) in [6.07, 6.45) is 3.13. The highest BCUT2D eigenvalue weighted by atomic mass is 16.6. The Bertz CT molecular complexity index is 486. The van der Waals surface area contributed by atoms with E-state index < -0.39 is 10.5 Å². The summed E-state index contributed by atoms with van der Waals surface area (Å²) < 4.78 is 6.35. The summed E-state index contributed by atoms with van der Waals surface area (Å²) in [4.78, 5) is 25.1. The average Bonchev–Trinajstić information content (AvgIpc) is 2.90. The molecule has 0 bridgehead atoms. The number of methoxy groups -OCH3 is 1. The van der Waals surface area contributed by atoms with Crippen LogP contribution in [0.4, 0.5) is 5.82 Å². The zero-order valence-electron chi connectivity index (χ0n) is 12.1. The highest BCUT2D eigenvalue weighted by Gasteiger charge is 2.20. The first-order chi connectivity index (χ1) is 9.84. The van der Waals surface area contributed by atoms with Crippen LogP contribution in [0.15, 0.2) is 12.5 Å². The van der Waals surface area contributed by atoms with E-state index in [0.29, 0.717) is 13.0 Å². The summed E-state index contributed by atoms with van der Waals surface area (Å²) >= 11 is 0. The van der Waals surface area contributed by atoms with Gasteiger partial charge in [-0.05, 0) is 16.8 Å². The Labute approximate surface area is 122 Å². The molecule has 9 heteroatoms. The zero-order valence-corrected chi connectivity index (χ0v) is 12.1. The Balaban J connectivity index is 2.32. The molecule has 1 heterocycles. The maximum atomic E-state index is 11.7. The molecular weight excluding hydrogens is 280 g/mol. The Morgan fingerprint density at radius 1 is 1.67 bits per heavy atom. The standard InChI is InChI=1S/C12H20N4O5/c1-12(18,4-6-21-2)8-13-11(17)3-5-15-7-10(14-9-15)16(19)20/h7,9,18H,3-6,8H2,1-2H3,(H,13,17). The Kier molecular flexibility index (Phi) is 6.25. The van der Waals surface area contributed by atoms with Crippen LogP contribution in [0.5, 0.6) is 0 Å². The van der Waals surface area contributed by atoms with Crippen molar-refractivity contribution in [2.45, 2.75) is 31.9 Å². The predicted octanol–water partition coefficient (Wildman–Crippen LogP) is 0.0851. The molecule has 0 aliphatic heterocycles. The lowest BCUT2D eigenvalue weighted by atomic mass is 10.0. The van der Waals surface area contributed by atoms with Crippen molar-refractivity contribution in [1.29, 1.82) is 0 Å². The van der Waals surface area contributed by atoms with Crippen LogP contribution in [0.2, 0.25) is 0 Å². The van der Waals surface area contributed by atoms with E-state index in [1.54, 1.807) is 14.0 Å². The van der Waals surface area contributed by atoms with Gasteiger partial charge in [0.25, 0.3) is 0 Å². The van der Waals surface area contributed by atoms with E-state index in [4.69, 9.17) is 4.74 Å². The van der Waals surface area contributed by atoms with Crippen molar-refractivity contribution in [2.75, 3.05) is 20.3 Å². The lowest BCUT2D eigenvalue weighted by molar-refractivity contribution is -0.389. The van der Waals surface area contributed by atoms with Gasteiger partial charge in [-0.15, -0.1) is 0 Å². The molecule has 0 radical (unpaired) electrons. The molecule has 0 aliphatic carbocycles. The summed E-state index contributed by atoms with van der Waals surface area (Å²) in [6.45, 7) is 2.43.